The number of hydrogen-bond acceptors (Lipinski definition) is 7. The normalized spacial score (nSPS) is 24.3. The van der Waals surface area contributed by atoms with Crippen molar-refractivity contribution in [3.8, 4) is 0 Å². The van der Waals surface area contributed by atoms with Gasteiger partial charge in [0.05, 0.1) is 5.69 Å². The highest BCUT2D eigenvalue weighted by atomic mass is 32.2. The molecule has 1 aromatic heterocycles. The van der Waals surface area contributed by atoms with Gasteiger partial charge in [0, 0.05) is 11.5 Å². The van der Waals surface area contributed by atoms with Crippen molar-refractivity contribution in [2.45, 2.75) is 29.9 Å². The van der Waals surface area contributed by atoms with Crippen LogP contribution in [0.4, 0.5) is 0 Å². The molecule has 2 aliphatic heterocycles. The minimum absolute atomic E-state index is 0.0101. The first-order valence-electron chi connectivity index (χ1n) is 6.67. The van der Waals surface area contributed by atoms with E-state index < -0.39 is 23.4 Å². The Morgan fingerprint density at radius 1 is 1.64 bits per heavy atom. The molecule has 2 aliphatic rings. The molecule has 1 fully saturated rings. The van der Waals surface area contributed by atoms with Crippen LogP contribution >= 0.6 is 23.5 Å². The molecule has 1 saturated heterocycles. The first-order chi connectivity index (χ1) is 10.5. The van der Waals surface area contributed by atoms with Crippen molar-refractivity contribution in [1.82, 2.24) is 9.88 Å². The van der Waals surface area contributed by atoms with Crippen LogP contribution in [-0.2, 0) is 16.0 Å². The molecule has 2 atom stereocenters. The summed E-state index contributed by atoms with van der Waals surface area (Å²) >= 11 is 2.75. The summed E-state index contributed by atoms with van der Waals surface area (Å²) in [5.41, 5.74) is 1.47. The van der Waals surface area contributed by atoms with E-state index in [1.807, 2.05) is 6.92 Å². The number of carbonyl (C=O) groups excluding carboxylic acids is 1. The van der Waals surface area contributed by atoms with Gasteiger partial charge in [-0.2, -0.15) is 0 Å². The third-order valence-corrected chi connectivity index (χ3v) is 5.95. The van der Waals surface area contributed by atoms with Gasteiger partial charge < -0.3 is 14.6 Å². The molecular formula is C13H14N2O5S2. The number of carboxylic acid groups (broad SMARTS) is 1. The molecule has 1 aromatic rings. The van der Waals surface area contributed by atoms with Crippen LogP contribution in [0.15, 0.2) is 27.2 Å². The quantitative estimate of drug-likeness (QED) is 0.602. The summed E-state index contributed by atoms with van der Waals surface area (Å²) < 4.78 is 5.30. The Morgan fingerprint density at radius 3 is 3.09 bits per heavy atom. The number of hydrogen-bond donors (Lipinski definition) is 2. The van der Waals surface area contributed by atoms with Gasteiger partial charge in [0.2, 0.25) is 0 Å². The molecule has 1 amide bonds. The number of aliphatic carboxylic acids is 1. The third-order valence-electron chi connectivity index (χ3n) is 3.54. The topological polar surface area (TPSA) is 104 Å². The molecule has 3 rings (SSSR count). The molecule has 2 N–H and O–H groups in total. The molecule has 0 saturated carbocycles. The summed E-state index contributed by atoms with van der Waals surface area (Å²) in [5.74, 6) is -0.820. The number of aliphatic hydroxyl groups is 1. The van der Waals surface area contributed by atoms with Gasteiger partial charge in [-0.3, -0.25) is 9.69 Å². The zero-order chi connectivity index (χ0) is 15.9. The van der Waals surface area contributed by atoms with E-state index in [-0.39, 0.29) is 5.70 Å². The van der Waals surface area contributed by atoms with Gasteiger partial charge in [0.25, 0.3) is 5.91 Å². The highest BCUT2D eigenvalue weighted by molar-refractivity contribution is 8.01. The summed E-state index contributed by atoms with van der Waals surface area (Å²) in [4.78, 5) is 28.5. The highest BCUT2D eigenvalue weighted by Crippen LogP contribution is 2.41. The maximum atomic E-state index is 11.7. The largest absolute Gasteiger partial charge is 0.477 e. The van der Waals surface area contributed by atoms with Crippen LogP contribution < -0.4 is 0 Å². The average Bonchev–Trinajstić information content (AvgIpc) is 2.98. The molecular weight excluding hydrogens is 328 g/mol. The SMILES string of the molecule is CCc1ncoc1SCC1=C(C(=O)O)N2C(=O)[C@@H](O)[C@@H]2SC1. The van der Waals surface area contributed by atoms with Crippen molar-refractivity contribution >= 4 is 35.4 Å². The summed E-state index contributed by atoms with van der Waals surface area (Å²) in [5, 5.41) is 19.2. The molecule has 0 aliphatic carbocycles. The van der Waals surface area contributed by atoms with Crippen LogP contribution in [0.1, 0.15) is 12.6 Å². The van der Waals surface area contributed by atoms with E-state index in [4.69, 9.17) is 4.42 Å². The predicted octanol–water partition coefficient (Wildman–Crippen LogP) is 0.944. The van der Waals surface area contributed by atoms with Gasteiger partial charge in [0.1, 0.15) is 11.1 Å². The Balaban J connectivity index is 1.81. The summed E-state index contributed by atoms with van der Waals surface area (Å²) in [6, 6.07) is 0. The predicted molar refractivity (Wildman–Crippen MR) is 80.4 cm³/mol. The molecule has 0 radical (unpaired) electrons. The number of amides is 1. The standard InChI is InChI=1S/C13H14N2O5S2/c1-2-7-13(20-5-14-7)22-4-6-3-21-11-9(16)10(17)15(11)8(6)12(18)19/h5,9,11,16H,2-4H2,1H3,(H,18,19)/t9-,11+/m1/s1. The Labute approximate surface area is 134 Å². The lowest BCUT2D eigenvalue weighted by molar-refractivity contribution is -0.159. The fourth-order valence-electron chi connectivity index (χ4n) is 2.41. The number of β-lactam (4-membered cyclic amide) rings is 1. The first-order valence-corrected chi connectivity index (χ1v) is 8.71. The van der Waals surface area contributed by atoms with Gasteiger partial charge in [-0.1, -0.05) is 18.7 Å². The van der Waals surface area contributed by atoms with Crippen LogP contribution in [-0.4, -0.2) is 55.0 Å². The van der Waals surface area contributed by atoms with Gasteiger partial charge in [-0.25, -0.2) is 9.78 Å². The van der Waals surface area contributed by atoms with E-state index in [2.05, 4.69) is 4.98 Å². The number of carboxylic acids is 1. The van der Waals surface area contributed by atoms with E-state index in [1.54, 1.807) is 0 Å². The van der Waals surface area contributed by atoms with Crippen LogP contribution in [0, 0.1) is 0 Å². The van der Waals surface area contributed by atoms with Gasteiger partial charge >= 0.3 is 5.97 Å². The van der Waals surface area contributed by atoms with Crippen LogP contribution in [0.2, 0.25) is 0 Å². The van der Waals surface area contributed by atoms with E-state index in [9.17, 15) is 19.8 Å². The fourth-order valence-corrected chi connectivity index (χ4v) is 4.82. The minimum Gasteiger partial charge on any atom is -0.477 e. The number of aliphatic hydroxyl groups excluding tert-OH is 1. The molecule has 22 heavy (non-hydrogen) atoms. The second kappa shape index (κ2) is 5.98. The Kier molecular flexibility index (Phi) is 4.20. The summed E-state index contributed by atoms with van der Waals surface area (Å²) in [6.45, 7) is 1.96. The van der Waals surface area contributed by atoms with Crippen molar-refractivity contribution in [3.05, 3.63) is 23.4 Å². The highest BCUT2D eigenvalue weighted by Gasteiger charge is 2.52. The number of nitrogens with zero attached hydrogens (tertiary/aromatic N) is 2. The van der Waals surface area contributed by atoms with Gasteiger partial charge in [-0.05, 0) is 12.0 Å². The Bertz CT molecular complexity index is 657. The molecule has 0 bridgehead atoms. The van der Waals surface area contributed by atoms with Crippen molar-refractivity contribution in [2.75, 3.05) is 11.5 Å². The van der Waals surface area contributed by atoms with E-state index in [0.29, 0.717) is 22.2 Å². The number of carbonyl (C=O) groups is 2. The van der Waals surface area contributed by atoms with E-state index in [0.717, 1.165) is 12.1 Å². The monoisotopic (exact) mass is 342 g/mol. The fraction of sp³-hybridized carbons (Fsp3) is 0.462. The third kappa shape index (κ3) is 2.42. The second-order valence-corrected chi connectivity index (χ2v) is 6.89. The minimum atomic E-state index is -1.14. The number of thioether (sulfide) groups is 2. The maximum Gasteiger partial charge on any atom is 0.352 e. The molecule has 0 unspecified atom stereocenters. The van der Waals surface area contributed by atoms with Crippen molar-refractivity contribution in [3.63, 3.8) is 0 Å². The van der Waals surface area contributed by atoms with E-state index >= 15 is 0 Å². The molecule has 7 nitrogen and oxygen atoms in total. The summed E-state index contributed by atoms with van der Waals surface area (Å²) in [7, 11) is 0. The number of oxazole rings is 1. The van der Waals surface area contributed by atoms with Crippen LogP contribution in [0.25, 0.3) is 0 Å². The molecule has 3 heterocycles. The van der Waals surface area contributed by atoms with Crippen LogP contribution in [0.3, 0.4) is 0 Å². The zero-order valence-corrected chi connectivity index (χ0v) is 13.3. The number of aryl methyl sites for hydroxylation is 1. The molecule has 0 spiro atoms. The Hall–Kier alpha value is -1.45. The number of fused-ring (bicyclic) bond motifs is 1. The second-order valence-electron chi connectivity index (χ2n) is 4.84. The molecule has 9 heteroatoms. The Morgan fingerprint density at radius 2 is 2.41 bits per heavy atom. The smallest absolute Gasteiger partial charge is 0.352 e. The lowest BCUT2D eigenvalue weighted by atomic mass is 10.1. The molecule has 0 aromatic carbocycles. The average molecular weight is 342 g/mol. The molecule has 118 valence electrons. The lowest BCUT2D eigenvalue weighted by Crippen LogP contribution is -2.64. The number of rotatable bonds is 5. The maximum absolute atomic E-state index is 11.7. The first kappa shape index (κ1) is 15.4. The summed E-state index contributed by atoms with van der Waals surface area (Å²) in [6.07, 6.45) is 1.00. The van der Waals surface area contributed by atoms with Gasteiger partial charge in [-0.15, -0.1) is 11.8 Å². The number of aromatic nitrogens is 1. The van der Waals surface area contributed by atoms with Crippen molar-refractivity contribution in [1.29, 1.82) is 0 Å². The van der Waals surface area contributed by atoms with Crippen molar-refractivity contribution in [2.24, 2.45) is 0 Å². The van der Waals surface area contributed by atoms with Crippen LogP contribution in [0.5, 0.6) is 0 Å². The van der Waals surface area contributed by atoms with Gasteiger partial charge in [0.15, 0.2) is 17.6 Å². The van der Waals surface area contributed by atoms with Crippen molar-refractivity contribution < 1.29 is 24.2 Å². The zero-order valence-electron chi connectivity index (χ0n) is 11.7. The lowest BCUT2D eigenvalue weighted by Gasteiger charge is -2.47. The van der Waals surface area contributed by atoms with E-state index in [1.165, 1.54) is 34.8 Å².